The zero-order valence-corrected chi connectivity index (χ0v) is 11.1. The van der Waals surface area contributed by atoms with Crippen molar-refractivity contribution >= 4 is 22.7 Å². The van der Waals surface area contributed by atoms with Crippen molar-refractivity contribution in [3.63, 3.8) is 0 Å². The molecule has 0 bridgehead atoms. The standard InChI is InChI=1S/C17H13N3/c1-20-16-10-6-5-9-15(16)19-17(20)14(12-18)11-13-7-3-2-4-8-13/h2-11H,1H3. The molecule has 0 spiro atoms. The van der Waals surface area contributed by atoms with Crippen molar-refractivity contribution in [3.05, 3.63) is 66.0 Å². The third-order valence-corrected chi connectivity index (χ3v) is 3.26. The van der Waals surface area contributed by atoms with Crippen LogP contribution in [0.25, 0.3) is 22.7 Å². The molecular weight excluding hydrogens is 246 g/mol. The maximum absolute atomic E-state index is 9.42. The molecular formula is C17H13N3. The molecule has 0 radical (unpaired) electrons. The van der Waals surface area contributed by atoms with Gasteiger partial charge in [-0.05, 0) is 23.8 Å². The van der Waals surface area contributed by atoms with Gasteiger partial charge in [-0.3, -0.25) is 0 Å². The molecule has 0 N–H and O–H groups in total. The van der Waals surface area contributed by atoms with Gasteiger partial charge in [0.15, 0.2) is 5.82 Å². The van der Waals surface area contributed by atoms with E-state index in [1.807, 2.05) is 72.3 Å². The Morgan fingerprint density at radius 1 is 1.10 bits per heavy atom. The van der Waals surface area contributed by atoms with Crippen LogP contribution in [0.1, 0.15) is 11.4 Å². The molecule has 96 valence electrons. The first-order chi connectivity index (χ1) is 9.79. The normalized spacial score (nSPS) is 11.5. The van der Waals surface area contributed by atoms with E-state index in [0.717, 1.165) is 16.6 Å². The maximum atomic E-state index is 9.42. The number of nitriles is 1. The monoisotopic (exact) mass is 259 g/mol. The van der Waals surface area contributed by atoms with E-state index in [9.17, 15) is 5.26 Å². The molecule has 0 atom stereocenters. The predicted octanol–water partition coefficient (Wildman–Crippen LogP) is 3.64. The Bertz CT molecular complexity index is 820. The van der Waals surface area contributed by atoms with Gasteiger partial charge in [0.1, 0.15) is 6.07 Å². The average molecular weight is 259 g/mol. The van der Waals surface area contributed by atoms with E-state index in [1.165, 1.54) is 0 Å². The Hall–Kier alpha value is -2.86. The highest BCUT2D eigenvalue weighted by Crippen LogP contribution is 2.21. The third-order valence-electron chi connectivity index (χ3n) is 3.26. The second-order valence-electron chi connectivity index (χ2n) is 4.56. The molecule has 0 fully saturated rings. The molecule has 0 aliphatic rings. The predicted molar refractivity (Wildman–Crippen MR) is 80.6 cm³/mol. The molecule has 20 heavy (non-hydrogen) atoms. The van der Waals surface area contributed by atoms with Crippen LogP contribution in [0.5, 0.6) is 0 Å². The Balaban J connectivity index is 2.16. The highest BCUT2D eigenvalue weighted by Gasteiger charge is 2.11. The smallest absolute Gasteiger partial charge is 0.151 e. The highest BCUT2D eigenvalue weighted by molar-refractivity contribution is 5.90. The van der Waals surface area contributed by atoms with Crippen LogP contribution in [0.15, 0.2) is 54.6 Å². The summed E-state index contributed by atoms with van der Waals surface area (Å²) in [4.78, 5) is 4.55. The first-order valence-corrected chi connectivity index (χ1v) is 6.38. The van der Waals surface area contributed by atoms with Gasteiger partial charge in [-0.1, -0.05) is 42.5 Å². The molecule has 0 amide bonds. The summed E-state index contributed by atoms with van der Waals surface area (Å²) in [6, 6.07) is 19.9. The fourth-order valence-corrected chi connectivity index (χ4v) is 2.25. The maximum Gasteiger partial charge on any atom is 0.151 e. The van der Waals surface area contributed by atoms with E-state index in [4.69, 9.17) is 0 Å². The lowest BCUT2D eigenvalue weighted by atomic mass is 10.1. The highest BCUT2D eigenvalue weighted by atomic mass is 15.1. The molecule has 3 rings (SSSR count). The van der Waals surface area contributed by atoms with Crippen LogP contribution < -0.4 is 0 Å². The van der Waals surface area contributed by atoms with Crippen molar-refractivity contribution in [2.24, 2.45) is 7.05 Å². The minimum Gasteiger partial charge on any atom is -0.327 e. The number of hydrogen-bond acceptors (Lipinski definition) is 2. The SMILES string of the molecule is Cn1c(C(C#N)=Cc2ccccc2)nc2ccccc21. The van der Waals surface area contributed by atoms with Crippen molar-refractivity contribution in [2.75, 3.05) is 0 Å². The lowest BCUT2D eigenvalue weighted by Crippen LogP contribution is -1.95. The topological polar surface area (TPSA) is 41.6 Å². The minimum atomic E-state index is 0.565. The van der Waals surface area contributed by atoms with Crippen LogP contribution in [0, 0.1) is 11.3 Å². The third kappa shape index (κ3) is 2.08. The van der Waals surface area contributed by atoms with Gasteiger partial charge in [0.2, 0.25) is 0 Å². The number of imidazole rings is 1. The zero-order chi connectivity index (χ0) is 13.9. The summed E-state index contributed by atoms with van der Waals surface area (Å²) in [5, 5.41) is 9.42. The van der Waals surface area contributed by atoms with E-state index in [-0.39, 0.29) is 0 Å². The van der Waals surface area contributed by atoms with Crippen LogP contribution in [-0.4, -0.2) is 9.55 Å². The fraction of sp³-hybridized carbons (Fsp3) is 0.0588. The van der Waals surface area contributed by atoms with Gasteiger partial charge in [-0.15, -0.1) is 0 Å². The first-order valence-electron chi connectivity index (χ1n) is 6.38. The van der Waals surface area contributed by atoms with Crippen LogP contribution in [0.3, 0.4) is 0 Å². The van der Waals surface area contributed by atoms with Gasteiger partial charge < -0.3 is 4.57 Å². The molecule has 2 aromatic carbocycles. The van der Waals surface area contributed by atoms with Crippen LogP contribution in [0.4, 0.5) is 0 Å². The Labute approximate surface area is 117 Å². The number of hydrogen-bond donors (Lipinski definition) is 0. The van der Waals surface area contributed by atoms with Crippen molar-refractivity contribution < 1.29 is 0 Å². The number of aromatic nitrogens is 2. The van der Waals surface area contributed by atoms with Gasteiger partial charge in [0, 0.05) is 7.05 Å². The van der Waals surface area contributed by atoms with Crippen molar-refractivity contribution in [3.8, 4) is 6.07 Å². The van der Waals surface area contributed by atoms with Gasteiger partial charge >= 0.3 is 0 Å². The molecule has 3 aromatic rings. The Kier molecular flexibility index (Phi) is 3.06. The quantitative estimate of drug-likeness (QED) is 0.659. The second kappa shape index (κ2) is 5.02. The van der Waals surface area contributed by atoms with Crippen molar-refractivity contribution in [2.45, 2.75) is 0 Å². The van der Waals surface area contributed by atoms with E-state index < -0.39 is 0 Å². The molecule has 0 saturated carbocycles. The average Bonchev–Trinajstić information content (AvgIpc) is 2.83. The summed E-state index contributed by atoms with van der Waals surface area (Å²) in [6.07, 6.45) is 1.86. The number of fused-ring (bicyclic) bond motifs is 1. The molecule has 1 heterocycles. The van der Waals surface area contributed by atoms with E-state index in [0.29, 0.717) is 11.4 Å². The number of para-hydroxylation sites is 2. The summed E-state index contributed by atoms with van der Waals surface area (Å²) in [6.45, 7) is 0. The summed E-state index contributed by atoms with van der Waals surface area (Å²) >= 11 is 0. The van der Waals surface area contributed by atoms with Crippen molar-refractivity contribution in [1.82, 2.24) is 9.55 Å². The van der Waals surface area contributed by atoms with Crippen LogP contribution in [0.2, 0.25) is 0 Å². The Morgan fingerprint density at radius 3 is 2.50 bits per heavy atom. The van der Waals surface area contributed by atoms with E-state index >= 15 is 0 Å². The fourth-order valence-electron chi connectivity index (χ4n) is 2.25. The summed E-state index contributed by atoms with van der Waals surface area (Å²) < 4.78 is 1.95. The lowest BCUT2D eigenvalue weighted by molar-refractivity contribution is 0.925. The van der Waals surface area contributed by atoms with Crippen molar-refractivity contribution in [1.29, 1.82) is 5.26 Å². The molecule has 0 unspecified atom stereocenters. The van der Waals surface area contributed by atoms with Gasteiger partial charge in [-0.25, -0.2) is 4.98 Å². The number of benzene rings is 2. The molecule has 3 nitrogen and oxygen atoms in total. The van der Waals surface area contributed by atoms with E-state index in [2.05, 4.69) is 11.1 Å². The van der Waals surface area contributed by atoms with Gasteiger partial charge in [-0.2, -0.15) is 5.26 Å². The molecule has 0 aliphatic carbocycles. The molecule has 1 aromatic heterocycles. The minimum absolute atomic E-state index is 0.565. The molecule has 0 saturated heterocycles. The number of rotatable bonds is 2. The first kappa shape index (κ1) is 12.2. The number of nitrogens with zero attached hydrogens (tertiary/aromatic N) is 3. The molecule has 3 heteroatoms. The van der Waals surface area contributed by atoms with Gasteiger partial charge in [0.25, 0.3) is 0 Å². The van der Waals surface area contributed by atoms with Gasteiger partial charge in [0.05, 0.1) is 16.6 Å². The van der Waals surface area contributed by atoms with Crippen LogP contribution in [-0.2, 0) is 7.05 Å². The number of allylic oxidation sites excluding steroid dienone is 1. The molecule has 0 aliphatic heterocycles. The lowest BCUT2D eigenvalue weighted by Gasteiger charge is -2.01. The zero-order valence-electron chi connectivity index (χ0n) is 11.1. The second-order valence-corrected chi connectivity index (χ2v) is 4.56. The largest absolute Gasteiger partial charge is 0.327 e. The Morgan fingerprint density at radius 2 is 1.80 bits per heavy atom. The summed E-state index contributed by atoms with van der Waals surface area (Å²) in [5.41, 5.74) is 3.49. The van der Waals surface area contributed by atoms with Crippen LogP contribution >= 0.6 is 0 Å². The number of aryl methyl sites for hydroxylation is 1. The summed E-state index contributed by atoms with van der Waals surface area (Å²) in [5.74, 6) is 0.692. The summed E-state index contributed by atoms with van der Waals surface area (Å²) in [7, 11) is 1.93. The van der Waals surface area contributed by atoms with E-state index in [1.54, 1.807) is 0 Å².